The van der Waals surface area contributed by atoms with E-state index in [1.54, 1.807) is 32.0 Å². The van der Waals surface area contributed by atoms with Gasteiger partial charge in [0.1, 0.15) is 11.4 Å². The number of hydrogen-bond acceptors (Lipinski definition) is 4. The molecule has 2 amide bonds. The van der Waals surface area contributed by atoms with Gasteiger partial charge in [0, 0.05) is 36.6 Å². The van der Waals surface area contributed by atoms with Crippen LogP contribution >= 0.6 is 0 Å². The summed E-state index contributed by atoms with van der Waals surface area (Å²) in [4.78, 5) is 30.6. The Balaban J connectivity index is 1.53. The van der Waals surface area contributed by atoms with Crippen LogP contribution in [0, 0.1) is 5.82 Å². The number of nitrogens with one attached hydrogen (secondary N) is 1. The van der Waals surface area contributed by atoms with Crippen molar-refractivity contribution >= 4 is 23.2 Å². The summed E-state index contributed by atoms with van der Waals surface area (Å²) in [6, 6.07) is 23.3. The Morgan fingerprint density at radius 2 is 1.58 bits per heavy atom. The number of halogens is 1. The van der Waals surface area contributed by atoms with Crippen molar-refractivity contribution in [3.8, 4) is 0 Å². The van der Waals surface area contributed by atoms with E-state index in [0.29, 0.717) is 24.5 Å². The maximum absolute atomic E-state index is 14.5. The Morgan fingerprint density at radius 3 is 2.25 bits per heavy atom. The van der Waals surface area contributed by atoms with Gasteiger partial charge in [0.2, 0.25) is 11.8 Å². The fourth-order valence-corrected chi connectivity index (χ4v) is 4.24. The zero-order chi connectivity index (χ0) is 25.5. The molecule has 0 atom stereocenters. The third kappa shape index (κ3) is 6.10. The molecule has 0 unspecified atom stereocenters. The molecule has 4 rings (SSSR count). The molecular formula is C29H32FN3O3. The van der Waals surface area contributed by atoms with Crippen molar-refractivity contribution in [2.24, 2.45) is 0 Å². The van der Waals surface area contributed by atoms with Crippen molar-refractivity contribution in [3.63, 3.8) is 0 Å². The van der Waals surface area contributed by atoms with E-state index in [0.717, 1.165) is 24.3 Å². The summed E-state index contributed by atoms with van der Waals surface area (Å²) >= 11 is 0. The first kappa shape index (κ1) is 25.4. The lowest BCUT2D eigenvalue weighted by Crippen LogP contribution is -2.55. The van der Waals surface area contributed by atoms with Crippen molar-refractivity contribution in [1.29, 1.82) is 0 Å². The van der Waals surface area contributed by atoms with Gasteiger partial charge in [-0.2, -0.15) is 0 Å². The fourth-order valence-electron chi connectivity index (χ4n) is 4.24. The third-order valence-electron chi connectivity index (χ3n) is 6.52. The SMILES string of the molecule is CC(C)(C(=O)Nc1ccc(N2CCOCC2)cc1)N(Cc1ccccc1F)C(=O)Cc1ccccc1. The minimum Gasteiger partial charge on any atom is -0.378 e. The molecule has 0 aliphatic carbocycles. The number of morpholine rings is 1. The lowest BCUT2D eigenvalue weighted by atomic mass is 9.98. The first-order valence-electron chi connectivity index (χ1n) is 12.2. The number of rotatable bonds is 8. The van der Waals surface area contributed by atoms with Crippen LogP contribution < -0.4 is 10.2 Å². The van der Waals surface area contributed by atoms with E-state index < -0.39 is 11.4 Å². The second-order valence-electron chi connectivity index (χ2n) is 9.39. The van der Waals surface area contributed by atoms with Crippen molar-refractivity contribution in [3.05, 3.63) is 95.8 Å². The Labute approximate surface area is 211 Å². The highest BCUT2D eigenvalue weighted by molar-refractivity contribution is 6.00. The lowest BCUT2D eigenvalue weighted by molar-refractivity contribution is -0.144. The Bertz CT molecular complexity index is 1180. The molecular weight excluding hydrogens is 457 g/mol. The van der Waals surface area contributed by atoms with Gasteiger partial charge in [0.15, 0.2) is 0 Å². The van der Waals surface area contributed by atoms with Crippen LogP contribution in [0.2, 0.25) is 0 Å². The number of carbonyl (C=O) groups excluding carboxylic acids is 2. The van der Waals surface area contributed by atoms with Crippen LogP contribution in [0.15, 0.2) is 78.9 Å². The minimum atomic E-state index is -1.24. The van der Waals surface area contributed by atoms with Crippen LogP contribution in [0.4, 0.5) is 15.8 Å². The molecule has 0 aromatic heterocycles. The Hall–Kier alpha value is -3.71. The highest BCUT2D eigenvalue weighted by Gasteiger charge is 2.38. The maximum atomic E-state index is 14.5. The first-order valence-corrected chi connectivity index (χ1v) is 12.2. The van der Waals surface area contributed by atoms with Crippen molar-refractivity contribution in [2.45, 2.75) is 32.4 Å². The topological polar surface area (TPSA) is 61.9 Å². The van der Waals surface area contributed by atoms with Gasteiger partial charge >= 0.3 is 0 Å². The summed E-state index contributed by atoms with van der Waals surface area (Å²) in [5.74, 6) is -1.02. The molecule has 7 heteroatoms. The fraction of sp³-hybridized carbons (Fsp3) is 0.310. The van der Waals surface area contributed by atoms with E-state index >= 15 is 0 Å². The molecule has 1 saturated heterocycles. The molecule has 1 aliphatic rings. The van der Waals surface area contributed by atoms with E-state index in [9.17, 15) is 14.0 Å². The van der Waals surface area contributed by atoms with Gasteiger partial charge in [-0.05, 0) is 49.7 Å². The quantitative estimate of drug-likeness (QED) is 0.500. The third-order valence-corrected chi connectivity index (χ3v) is 6.52. The zero-order valence-corrected chi connectivity index (χ0v) is 20.7. The van der Waals surface area contributed by atoms with Crippen LogP contribution in [0.5, 0.6) is 0 Å². The minimum absolute atomic E-state index is 0.0191. The van der Waals surface area contributed by atoms with Crippen LogP contribution in [-0.2, 0) is 27.3 Å². The number of ether oxygens (including phenoxy) is 1. The Kier molecular flexibility index (Phi) is 8.00. The maximum Gasteiger partial charge on any atom is 0.249 e. The van der Waals surface area contributed by atoms with E-state index in [2.05, 4.69) is 10.2 Å². The zero-order valence-electron chi connectivity index (χ0n) is 20.7. The summed E-state index contributed by atoms with van der Waals surface area (Å²) in [5, 5.41) is 2.94. The molecule has 3 aromatic carbocycles. The van der Waals surface area contributed by atoms with E-state index in [1.165, 1.54) is 11.0 Å². The van der Waals surface area contributed by atoms with Gasteiger partial charge in [-0.3, -0.25) is 9.59 Å². The van der Waals surface area contributed by atoms with Crippen molar-refractivity contribution in [1.82, 2.24) is 4.90 Å². The Morgan fingerprint density at radius 1 is 0.944 bits per heavy atom. The largest absolute Gasteiger partial charge is 0.378 e. The molecule has 6 nitrogen and oxygen atoms in total. The van der Waals surface area contributed by atoms with E-state index in [4.69, 9.17) is 4.74 Å². The monoisotopic (exact) mass is 489 g/mol. The summed E-state index contributed by atoms with van der Waals surface area (Å²) in [6.07, 6.45) is 0.111. The van der Waals surface area contributed by atoms with Gasteiger partial charge in [0.05, 0.1) is 19.6 Å². The van der Waals surface area contributed by atoms with Crippen molar-refractivity contribution < 1.29 is 18.7 Å². The highest BCUT2D eigenvalue weighted by Crippen LogP contribution is 2.25. The van der Waals surface area contributed by atoms with Gasteiger partial charge in [0.25, 0.3) is 0 Å². The van der Waals surface area contributed by atoms with Crippen LogP contribution in [-0.4, -0.2) is 48.6 Å². The van der Waals surface area contributed by atoms with E-state index in [1.807, 2.05) is 54.6 Å². The molecule has 3 aromatic rings. The van der Waals surface area contributed by atoms with Gasteiger partial charge in [-0.15, -0.1) is 0 Å². The summed E-state index contributed by atoms with van der Waals surface area (Å²) in [6.45, 7) is 6.40. The average Bonchev–Trinajstić information content (AvgIpc) is 2.89. The number of anilines is 2. The highest BCUT2D eigenvalue weighted by atomic mass is 19.1. The molecule has 0 spiro atoms. The first-order chi connectivity index (χ1) is 17.3. The number of amides is 2. The van der Waals surface area contributed by atoms with Gasteiger partial charge in [-0.25, -0.2) is 4.39 Å². The standard InChI is InChI=1S/C29H32FN3O3/c1-29(2,28(35)31-24-12-14-25(15-13-24)32-16-18-36-19-17-32)33(21-23-10-6-7-11-26(23)30)27(34)20-22-8-4-3-5-9-22/h3-15H,16-21H2,1-2H3,(H,31,35). The molecule has 36 heavy (non-hydrogen) atoms. The summed E-state index contributed by atoms with van der Waals surface area (Å²) in [5.41, 5.74) is 1.64. The average molecular weight is 490 g/mol. The molecule has 1 fully saturated rings. The normalized spacial score (nSPS) is 13.8. The lowest BCUT2D eigenvalue weighted by Gasteiger charge is -2.37. The second-order valence-corrected chi connectivity index (χ2v) is 9.39. The molecule has 0 radical (unpaired) electrons. The predicted octanol–water partition coefficient (Wildman–Crippen LogP) is 4.65. The molecule has 188 valence electrons. The number of benzene rings is 3. The molecule has 0 saturated carbocycles. The van der Waals surface area contributed by atoms with Gasteiger partial charge < -0.3 is 19.9 Å². The molecule has 1 heterocycles. The van der Waals surface area contributed by atoms with Gasteiger partial charge in [-0.1, -0.05) is 48.5 Å². The van der Waals surface area contributed by atoms with E-state index in [-0.39, 0.29) is 24.8 Å². The van der Waals surface area contributed by atoms with Crippen LogP contribution in [0.25, 0.3) is 0 Å². The second kappa shape index (κ2) is 11.4. The van der Waals surface area contributed by atoms with Crippen LogP contribution in [0.1, 0.15) is 25.0 Å². The summed E-state index contributed by atoms with van der Waals surface area (Å²) in [7, 11) is 0. The van der Waals surface area contributed by atoms with Crippen molar-refractivity contribution in [2.75, 3.05) is 36.5 Å². The number of nitrogens with zero attached hydrogens (tertiary/aromatic N) is 2. The molecule has 1 aliphatic heterocycles. The van der Waals surface area contributed by atoms with Crippen LogP contribution in [0.3, 0.4) is 0 Å². The molecule has 1 N–H and O–H groups in total. The number of hydrogen-bond donors (Lipinski definition) is 1. The molecule has 0 bridgehead atoms. The predicted molar refractivity (Wildman–Crippen MR) is 139 cm³/mol. The smallest absolute Gasteiger partial charge is 0.249 e. The summed E-state index contributed by atoms with van der Waals surface area (Å²) < 4.78 is 19.9. The number of carbonyl (C=O) groups is 2.